The van der Waals surface area contributed by atoms with Crippen LogP contribution < -0.4 is 0 Å². The molecule has 0 bridgehead atoms. The van der Waals surface area contributed by atoms with Crippen LogP contribution in [-0.4, -0.2) is 6.29 Å². The number of carbonyl (C=O) groups is 1. The summed E-state index contributed by atoms with van der Waals surface area (Å²) in [5.41, 5.74) is 1.83. The molecule has 2 aliphatic carbocycles. The Morgan fingerprint density at radius 2 is 1.86 bits per heavy atom. The van der Waals surface area contributed by atoms with E-state index in [1.165, 1.54) is 31.3 Å². The first-order chi connectivity index (χ1) is 10.4. The predicted octanol–water partition coefficient (Wildman–Crippen LogP) is 5.81. The molecule has 0 saturated heterocycles. The molecule has 1 nitrogen and oxygen atoms in total. The fraction of sp³-hybridized carbons (Fsp3) is 0.762. The van der Waals surface area contributed by atoms with Crippen molar-refractivity contribution >= 4 is 6.29 Å². The molecule has 2 rings (SSSR count). The van der Waals surface area contributed by atoms with Gasteiger partial charge in [-0.25, -0.2) is 0 Å². The second-order valence-corrected chi connectivity index (χ2v) is 8.32. The third kappa shape index (κ3) is 3.39. The monoisotopic (exact) mass is 302 g/mol. The molecule has 2 saturated carbocycles. The topological polar surface area (TPSA) is 17.1 Å². The quantitative estimate of drug-likeness (QED) is 0.355. The Morgan fingerprint density at radius 3 is 2.50 bits per heavy atom. The van der Waals surface area contributed by atoms with Gasteiger partial charge < -0.3 is 0 Å². The lowest BCUT2D eigenvalue weighted by Crippen LogP contribution is -2.35. The highest BCUT2D eigenvalue weighted by atomic mass is 16.1. The zero-order valence-corrected chi connectivity index (χ0v) is 15.1. The average Bonchev–Trinajstić information content (AvgIpc) is 2.82. The Labute approximate surface area is 137 Å². The summed E-state index contributed by atoms with van der Waals surface area (Å²) in [5.74, 6) is 3.43. The molecule has 2 aliphatic rings. The molecule has 0 unspecified atom stereocenters. The first kappa shape index (κ1) is 17.5. The first-order valence-electron chi connectivity index (χ1n) is 9.22. The second-order valence-electron chi connectivity index (χ2n) is 8.32. The maximum absolute atomic E-state index is 10.9. The van der Waals surface area contributed by atoms with Crippen molar-refractivity contribution in [3.8, 4) is 0 Å². The minimum atomic E-state index is 0.401. The van der Waals surface area contributed by atoms with E-state index in [1.54, 1.807) is 0 Å². The van der Waals surface area contributed by atoms with Crippen molar-refractivity contribution in [1.29, 1.82) is 0 Å². The highest BCUT2D eigenvalue weighted by Gasteiger charge is 2.50. The fourth-order valence-electron chi connectivity index (χ4n) is 4.94. The van der Waals surface area contributed by atoms with Crippen molar-refractivity contribution in [3.63, 3.8) is 0 Å². The molecule has 22 heavy (non-hydrogen) atoms. The van der Waals surface area contributed by atoms with E-state index >= 15 is 0 Å². The van der Waals surface area contributed by atoms with E-state index in [0.29, 0.717) is 29.1 Å². The van der Waals surface area contributed by atoms with E-state index in [1.807, 2.05) is 6.08 Å². The van der Waals surface area contributed by atoms with E-state index in [-0.39, 0.29) is 0 Å². The minimum Gasteiger partial charge on any atom is -0.299 e. The van der Waals surface area contributed by atoms with E-state index < -0.39 is 0 Å². The third-order valence-corrected chi connectivity index (χ3v) is 6.72. The van der Waals surface area contributed by atoms with Gasteiger partial charge in [-0.2, -0.15) is 0 Å². The zero-order chi connectivity index (χ0) is 16.3. The molecule has 0 radical (unpaired) electrons. The molecular formula is C21H34O. The van der Waals surface area contributed by atoms with Crippen LogP contribution >= 0.6 is 0 Å². The summed E-state index contributed by atoms with van der Waals surface area (Å²) in [6.07, 6.45) is 14.1. The summed E-state index contributed by atoms with van der Waals surface area (Å²) in [6.45, 7) is 11.8. The molecule has 0 heterocycles. The molecular weight excluding hydrogens is 268 g/mol. The zero-order valence-electron chi connectivity index (χ0n) is 15.1. The molecule has 0 aromatic carbocycles. The van der Waals surface area contributed by atoms with Crippen molar-refractivity contribution in [2.75, 3.05) is 0 Å². The summed E-state index contributed by atoms with van der Waals surface area (Å²) >= 11 is 0. The van der Waals surface area contributed by atoms with Gasteiger partial charge in [0.05, 0.1) is 0 Å². The van der Waals surface area contributed by atoms with Crippen LogP contribution in [0.2, 0.25) is 0 Å². The molecule has 124 valence electrons. The molecule has 0 spiro atoms. The van der Waals surface area contributed by atoms with Gasteiger partial charge in [0.15, 0.2) is 0 Å². The normalized spacial score (nSPS) is 36.7. The van der Waals surface area contributed by atoms with Crippen LogP contribution in [0.3, 0.4) is 0 Å². The van der Waals surface area contributed by atoms with Crippen molar-refractivity contribution < 1.29 is 4.79 Å². The Balaban J connectivity index is 2.13. The molecule has 5 atom stereocenters. The summed E-state index contributed by atoms with van der Waals surface area (Å²) < 4.78 is 0. The SMILES string of the molecule is CC(C)[C@@H](C)/C=C/[C@@H](C)[C@H]1CC[C@H]2/C(=C/C=O)CCC[C@]12C. The van der Waals surface area contributed by atoms with Gasteiger partial charge >= 0.3 is 0 Å². The Bertz CT molecular complexity index is 445. The van der Waals surface area contributed by atoms with E-state index in [4.69, 9.17) is 0 Å². The third-order valence-electron chi connectivity index (χ3n) is 6.72. The fourth-order valence-corrected chi connectivity index (χ4v) is 4.94. The highest BCUT2D eigenvalue weighted by molar-refractivity contribution is 5.66. The molecule has 2 fully saturated rings. The lowest BCUT2D eigenvalue weighted by molar-refractivity contribution is -0.104. The van der Waals surface area contributed by atoms with Gasteiger partial charge in [0.1, 0.15) is 6.29 Å². The number of carbonyl (C=O) groups excluding carboxylic acids is 1. The molecule has 0 aromatic rings. The molecule has 0 amide bonds. The summed E-state index contributed by atoms with van der Waals surface area (Å²) in [7, 11) is 0. The van der Waals surface area contributed by atoms with E-state index in [0.717, 1.165) is 18.6 Å². The molecule has 0 aromatic heterocycles. The number of rotatable bonds is 5. The van der Waals surface area contributed by atoms with Gasteiger partial charge in [0.2, 0.25) is 0 Å². The summed E-state index contributed by atoms with van der Waals surface area (Å²) in [6, 6.07) is 0. The number of allylic oxidation sites excluding steroid dienone is 4. The van der Waals surface area contributed by atoms with Gasteiger partial charge in [-0.15, -0.1) is 0 Å². The lowest BCUT2D eigenvalue weighted by atomic mass is 9.61. The smallest absolute Gasteiger partial charge is 0.142 e. The lowest BCUT2D eigenvalue weighted by Gasteiger charge is -2.44. The minimum absolute atomic E-state index is 0.401. The van der Waals surface area contributed by atoms with Crippen molar-refractivity contribution in [2.24, 2.45) is 35.0 Å². The molecule has 0 N–H and O–H groups in total. The number of aldehydes is 1. The number of hydrogen-bond acceptors (Lipinski definition) is 1. The maximum Gasteiger partial charge on any atom is 0.142 e. The van der Waals surface area contributed by atoms with Crippen LogP contribution in [-0.2, 0) is 4.79 Å². The van der Waals surface area contributed by atoms with Crippen LogP contribution in [0.1, 0.15) is 66.7 Å². The van der Waals surface area contributed by atoms with Gasteiger partial charge in [0.25, 0.3) is 0 Å². The molecule has 1 heteroatoms. The number of hydrogen-bond donors (Lipinski definition) is 0. The van der Waals surface area contributed by atoms with Crippen LogP contribution in [0, 0.1) is 35.0 Å². The summed E-state index contributed by atoms with van der Waals surface area (Å²) in [5, 5.41) is 0. The standard InChI is InChI=1S/C21H34O/c1-15(2)16(3)8-9-17(4)19-10-11-20-18(12-14-22)7-6-13-21(19,20)5/h8-9,12,14-17,19-20H,6-7,10-11,13H2,1-5H3/b9-8+,18-12+/t16-,17+,19+,20-,21+/m0/s1. The summed E-state index contributed by atoms with van der Waals surface area (Å²) in [4.78, 5) is 10.9. The number of fused-ring (bicyclic) bond motifs is 1. The van der Waals surface area contributed by atoms with Crippen molar-refractivity contribution in [1.82, 2.24) is 0 Å². The molecule has 0 aliphatic heterocycles. The van der Waals surface area contributed by atoms with Crippen LogP contribution in [0.5, 0.6) is 0 Å². The van der Waals surface area contributed by atoms with Gasteiger partial charge in [0, 0.05) is 0 Å². The van der Waals surface area contributed by atoms with Gasteiger partial charge in [-0.05, 0) is 73.2 Å². The Hall–Kier alpha value is -0.850. The van der Waals surface area contributed by atoms with Crippen molar-refractivity contribution in [2.45, 2.75) is 66.7 Å². The average molecular weight is 303 g/mol. The van der Waals surface area contributed by atoms with E-state index in [9.17, 15) is 4.79 Å². The van der Waals surface area contributed by atoms with Crippen LogP contribution in [0.4, 0.5) is 0 Å². The predicted molar refractivity (Wildman–Crippen MR) is 94.6 cm³/mol. The van der Waals surface area contributed by atoms with Crippen LogP contribution in [0.25, 0.3) is 0 Å². The van der Waals surface area contributed by atoms with Gasteiger partial charge in [-0.1, -0.05) is 52.3 Å². The van der Waals surface area contributed by atoms with Gasteiger partial charge in [-0.3, -0.25) is 4.79 Å². The van der Waals surface area contributed by atoms with E-state index in [2.05, 4.69) is 46.8 Å². The maximum atomic E-state index is 10.9. The first-order valence-corrected chi connectivity index (χ1v) is 9.22. The largest absolute Gasteiger partial charge is 0.299 e. The highest BCUT2D eigenvalue weighted by Crippen LogP contribution is 2.59. The van der Waals surface area contributed by atoms with Crippen LogP contribution in [0.15, 0.2) is 23.8 Å². The second kappa shape index (κ2) is 7.15. The Morgan fingerprint density at radius 1 is 1.14 bits per heavy atom. The Kier molecular flexibility index (Phi) is 5.69. The van der Waals surface area contributed by atoms with Crippen molar-refractivity contribution in [3.05, 3.63) is 23.8 Å².